The molecule has 2 aromatic rings. The Morgan fingerprint density at radius 2 is 1.86 bits per heavy atom. The van der Waals surface area contributed by atoms with Crippen LogP contribution < -0.4 is 11.5 Å². The number of hydrogen-bond donors (Lipinski definition) is 2. The normalized spacial score (nSPS) is 22.1. The Bertz CT molecular complexity index is 663. The van der Waals surface area contributed by atoms with E-state index in [1.54, 1.807) is 0 Å². The van der Waals surface area contributed by atoms with Crippen LogP contribution in [-0.4, -0.2) is 4.98 Å². The second-order valence-electron chi connectivity index (χ2n) is 5.33. The molecule has 1 heterocycles. The molecule has 0 radical (unpaired) electrons. The van der Waals surface area contributed by atoms with Gasteiger partial charge in [0.2, 0.25) is 0 Å². The van der Waals surface area contributed by atoms with E-state index in [1.807, 2.05) is 0 Å². The topological polar surface area (TPSA) is 64.9 Å². The van der Waals surface area contributed by atoms with Gasteiger partial charge in [-0.3, -0.25) is 0 Å². The average molecular weight is 313 g/mol. The van der Waals surface area contributed by atoms with Crippen LogP contribution in [0.5, 0.6) is 0 Å². The number of aryl methyl sites for hydroxylation is 1. The maximum Gasteiger partial charge on any atom is 0.416 e. The van der Waals surface area contributed by atoms with Crippen LogP contribution in [0.4, 0.5) is 18.3 Å². The molecule has 112 valence electrons. The Morgan fingerprint density at radius 3 is 2.48 bits per heavy atom. The van der Waals surface area contributed by atoms with E-state index in [4.69, 9.17) is 11.5 Å². The summed E-state index contributed by atoms with van der Waals surface area (Å²) in [5.74, 6) is 0. The molecule has 3 nitrogen and oxygen atoms in total. The molecule has 0 fully saturated rings. The highest BCUT2D eigenvalue weighted by Crippen LogP contribution is 2.38. The van der Waals surface area contributed by atoms with Crippen molar-refractivity contribution in [2.24, 2.45) is 5.73 Å². The van der Waals surface area contributed by atoms with E-state index in [0.717, 1.165) is 22.7 Å². The first-order valence-corrected chi connectivity index (χ1v) is 7.30. The zero-order valence-electron chi connectivity index (χ0n) is 11.1. The number of alkyl halides is 3. The molecule has 0 saturated heterocycles. The van der Waals surface area contributed by atoms with Gasteiger partial charge in [-0.2, -0.15) is 13.2 Å². The molecule has 0 bridgehead atoms. The molecule has 0 saturated carbocycles. The van der Waals surface area contributed by atoms with Crippen molar-refractivity contribution in [2.45, 2.75) is 31.0 Å². The summed E-state index contributed by atoms with van der Waals surface area (Å²) in [6.07, 6.45) is -2.43. The van der Waals surface area contributed by atoms with E-state index in [2.05, 4.69) is 4.98 Å². The summed E-state index contributed by atoms with van der Waals surface area (Å²) in [6.45, 7) is 0. The standard InChI is InChI=1S/C14H14F3N3S/c15-14(16,17)9-3-1-8(2-4-9)13(19)6-5-10-11(7-13)21-12(18)20-10/h1-4H,5-7,19H2,(H2,18,20). The molecule has 1 atom stereocenters. The third-order valence-electron chi connectivity index (χ3n) is 3.87. The van der Waals surface area contributed by atoms with Crippen molar-refractivity contribution < 1.29 is 13.2 Å². The lowest BCUT2D eigenvalue weighted by Crippen LogP contribution is -2.41. The number of aromatic nitrogens is 1. The lowest BCUT2D eigenvalue weighted by atomic mass is 9.78. The van der Waals surface area contributed by atoms with Crippen LogP contribution in [-0.2, 0) is 24.6 Å². The van der Waals surface area contributed by atoms with Crippen molar-refractivity contribution in [1.82, 2.24) is 4.98 Å². The summed E-state index contributed by atoms with van der Waals surface area (Å²) >= 11 is 1.40. The molecule has 7 heteroatoms. The molecule has 21 heavy (non-hydrogen) atoms. The number of fused-ring (bicyclic) bond motifs is 1. The van der Waals surface area contributed by atoms with Gasteiger partial charge in [-0.1, -0.05) is 12.1 Å². The number of nitrogens with zero attached hydrogens (tertiary/aromatic N) is 1. The highest BCUT2D eigenvalue weighted by molar-refractivity contribution is 7.15. The second-order valence-corrected chi connectivity index (χ2v) is 6.45. The van der Waals surface area contributed by atoms with Gasteiger partial charge in [0.15, 0.2) is 5.13 Å². The van der Waals surface area contributed by atoms with Gasteiger partial charge in [-0.25, -0.2) is 4.98 Å². The van der Waals surface area contributed by atoms with E-state index in [0.29, 0.717) is 30.0 Å². The molecule has 4 N–H and O–H groups in total. The Kier molecular flexibility index (Phi) is 3.22. The van der Waals surface area contributed by atoms with Crippen molar-refractivity contribution in [3.8, 4) is 0 Å². The minimum atomic E-state index is -4.33. The molecular weight excluding hydrogens is 299 g/mol. The van der Waals surface area contributed by atoms with Crippen LogP contribution in [0.25, 0.3) is 0 Å². The fourth-order valence-corrected chi connectivity index (χ4v) is 3.69. The monoisotopic (exact) mass is 313 g/mol. The van der Waals surface area contributed by atoms with Crippen molar-refractivity contribution in [3.63, 3.8) is 0 Å². The van der Waals surface area contributed by atoms with Crippen LogP contribution in [0.2, 0.25) is 0 Å². The van der Waals surface area contributed by atoms with Crippen LogP contribution in [0.15, 0.2) is 24.3 Å². The molecular formula is C14H14F3N3S. The SMILES string of the molecule is Nc1nc2c(s1)CC(N)(c1ccc(C(F)(F)F)cc1)CC2. The predicted molar refractivity (Wildman–Crippen MR) is 75.9 cm³/mol. The summed E-state index contributed by atoms with van der Waals surface area (Å²) in [7, 11) is 0. The molecule has 3 rings (SSSR count). The number of hydrogen-bond acceptors (Lipinski definition) is 4. The Morgan fingerprint density at radius 1 is 1.19 bits per heavy atom. The zero-order valence-corrected chi connectivity index (χ0v) is 11.9. The van der Waals surface area contributed by atoms with Gasteiger partial charge in [0.1, 0.15) is 0 Å². The van der Waals surface area contributed by atoms with E-state index in [1.165, 1.54) is 23.5 Å². The number of thiazole rings is 1. The average Bonchev–Trinajstić information content (AvgIpc) is 2.77. The maximum absolute atomic E-state index is 12.6. The van der Waals surface area contributed by atoms with Crippen LogP contribution in [0.1, 0.15) is 28.1 Å². The minimum Gasteiger partial charge on any atom is -0.375 e. The zero-order chi connectivity index (χ0) is 15.3. The van der Waals surface area contributed by atoms with Crippen molar-refractivity contribution in [1.29, 1.82) is 0 Å². The van der Waals surface area contributed by atoms with E-state index in [9.17, 15) is 13.2 Å². The van der Waals surface area contributed by atoms with Crippen LogP contribution >= 0.6 is 11.3 Å². The quantitative estimate of drug-likeness (QED) is 0.850. The summed E-state index contributed by atoms with van der Waals surface area (Å²) in [5.41, 5.74) is 12.5. The van der Waals surface area contributed by atoms with Gasteiger partial charge in [-0.05, 0) is 30.5 Å². The van der Waals surface area contributed by atoms with Crippen molar-refractivity contribution in [3.05, 3.63) is 46.0 Å². The number of halogens is 3. The van der Waals surface area contributed by atoms with E-state index >= 15 is 0 Å². The molecule has 1 aromatic carbocycles. The second kappa shape index (κ2) is 4.71. The smallest absolute Gasteiger partial charge is 0.375 e. The molecule has 1 aliphatic rings. The fraction of sp³-hybridized carbons (Fsp3) is 0.357. The number of rotatable bonds is 1. The fourth-order valence-electron chi connectivity index (χ4n) is 2.69. The highest BCUT2D eigenvalue weighted by Gasteiger charge is 2.35. The molecule has 0 spiro atoms. The first-order valence-electron chi connectivity index (χ1n) is 6.49. The lowest BCUT2D eigenvalue weighted by molar-refractivity contribution is -0.137. The molecule has 1 unspecified atom stereocenters. The van der Waals surface area contributed by atoms with Gasteiger partial charge < -0.3 is 11.5 Å². The summed E-state index contributed by atoms with van der Waals surface area (Å²) in [4.78, 5) is 5.28. The van der Waals surface area contributed by atoms with Gasteiger partial charge in [0.25, 0.3) is 0 Å². The third kappa shape index (κ3) is 2.63. The van der Waals surface area contributed by atoms with Crippen molar-refractivity contribution >= 4 is 16.5 Å². The Balaban J connectivity index is 1.90. The van der Waals surface area contributed by atoms with Gasteiger partial charge >= 0.3 is 6.18 Å². The number of nitrogen functional groups attached to an aromatic ring is 1. The van der Waals surface area contributed by atoms with E-state index < -0.39 is 17.3 Å². The highest BCUT2D eigenvalue weighted by atomic mass is 32.1. The largest absolute Gasteiger partial charge is 0.416 e. The number of anilines is 1. The van der Waals surface area contributed by atoms with Gasteiger partial charge in [0, 0.05) is 16.8 Å². The summed E-state index contributed by atoms with van der Waals surface area (Å²) < 4.78 is 37.8. The van der Waals surface area contributed by atoms with Gasteiger partial charge in [-0.15, -0.1) is 11.3 Å². The Labute approximate surface area is 123 Å². The number of nitrogens with two attached hydrogens (primary N) is 2. The summed E-state index contributed by atoms with van der Waals surface area (Å²) in [6, 6.07) is 5.11. The summed E-state index contributed by atoms with van der Waals surface area (Å²) in [5, 5.41) is 0.511. The molecule has 0 aliphatic heterocycles. The van der Waals surface area contributed by atoms with E-state index in [-0.39, 0.29) is 0 Å². The number of benzene rings is 1. The van der Waals surface area contributed by atoms with Crippen LogP contribution in [0.3, 0.4) is 0 Å². The molecule has 0 amide bonds. The first-order chi connectivity index (χ1) is 9.78. The van der Waals surface area contributed by atoms with Crippen LogP contribution in [0, 0.1) is 0 Å². The molecule has 1 aliphatic carbocycles. The Hall–Kier alpha value is -1.60. The van der Waals surface area contributed by atoms with Crippen molar-refractivity contribution in [2.75, 3.05) is 5.73 Å². The predicted octanol–water partition coefficient (Wildman–Crippen LogP) is 3.09. The third-order valence-corrected chi connectivity index (χ3v) is 4.79. The lowest BCUT2D eigenvalue weighted by Gasteiger charge is -2.33. The van der Waals surface area contributed by atoms with Gasteiger partial charge in [0.05, 0.1) is 11.3 Å². The first kappa shape index (κ1) is 14.3. The molecule has 1 aromatic heterocycles. The maximum atomic E-state index is 12.6. The minimum absolute atomic E-state index is 0.511.